The highest BCUT2D eigenvalue weighted by atomic mass is 32.1. The Kier molecular flexibility index (Phi) is 5.65. The minimum atomic E-state index is -0.186. The molecule has 0 spiro atoms. The number of aryl methyl sites for hydroxylation is 1. The van der Waals surface area contributed by atoms with Gasteiger partial charge in [-0.3, -0.25) is 4.79 Å². The molecule has 0 saturated carbocycles. The fourth-order valence-electron chi connectivity index (χ4n) is 1.53. The highest BCUT2D eigenvalue weighted by Crippen LogP contribution is 2.16. The first-order valence-electron chi connectivity index (χ1n) is 5.95. The third-order valence-corrected chi connectivity index (χ3v) is 3.29. The van der Waals surface area contributed by atoms with Gasteiger partial charge in [-0.25, -0.2) is 0 Å². The third-order valence-electron chi connectivity index (χ3n) is 2.27. The van der Waals surface area contributed by atoms with Crippen LogP contribution in [0.1, 0.15) is 30.5 Å². The molecular formula is C13H21NO2S. The van der Waals surface area contributed by atoms with Crippen LogP contribution in [0.25, 0.3) is 0 Å². The summed E-state index contributed by atoms with van der Waals surface area (Å²) in [6.07, 6.45) is 0.910. The zero-order valence-electron chi connectivity index (χ0n) is 10.9. The van der Waals surface area contributed by atoms with Crippen molar-refractivity contribution in [3.8, 4) is 0 Å². The highest BCUT2D eigenvalue weighted by Gasteiger charge is 2.09. The molecule has 1 N–H and O–H groups in total. The molecule has 1 heterocycles. The average molecular weight is 255 g/mol. The number of thiophene rings is 1. The molecule has 0 saturated heterocycles. The lowest BCUT2D eigenvalue weighted by Gasteiger charge is -2.13. The lowest BCUT2D eigenvalue weighted by atomic mass is 10.2. The van der Waals surface area contributed by atoms with E-state index >= 15 is 0 Å². The Hall–Kier alpha value is -0.870. The zero-order chi connectivity index (χ0) is 12.8. The molecule has 0 aromatic carbocycles. The van der Waals surface area contributed by atoms with Gasteiger partial charge in [-0.05, 0) is 46.2 Å². The van der Waals surface area contributed by atoms with Crippen molar-refractivity contribution in [2.75, 3.05) is 6.54 Å². The van der Waals surface area contributed by atoms with E-state index in [2.05, 4.69) is 31.3 Å². The van der Waals surface area contributed by atoms with Crippen molar-refractivity contribution in [2.45, 2.75) is 46.3 Å². The fourth-order valence-corrected chi connectivity index (χ4v) is 2.55. The van der Waals surface area contributed by atoms with Gasteiger partial charge in [0.05, 0.1) is 12.6 Å². The first-order valence-corrected chi connectivity index (χ1v) is 6.77. The molecule has 1 aromatic rings. The molecule has 96 valence electrons. The number of carbonyl (C=O) groups excluding carboxylic acids is 1. The summed E-state index contributed by atoms with van der Waals surface area (Å²) in [5, 5.41) is 3.18. The van der Waals surface area contributed by atoms with E-state index in [1.807, 2.05) is 13.8 Å². The second-order valence-electron chi connectivity index (χ2n) is 4.54. The maximum absolute atomic E-state index is 11.3. The molecule has 1 aromatic heterocycles. The molecule has 17 heavy (non-hydrogen) atoms. The SMILES string of the molecule is Cc1ccc(CC(C)NCC(=O)OC(C)C)s1. The lowest BCUT2D eigenvalue weighted by Crippen LogP contribution is -2.34. The number of esters is 1. The zero-order valence-corrected chi connectivity index (χ0v) is 11.8. The Morgan fingerprint density at radius 3 is 2.65 bits per heavy atom. The number of carbonyl (C=O) groups is 1. The molecule has 0 aliphatic carbocycles. The largest absolute Gasteiger partial charge is 0.462 e. The molecule has 0 aliphatic heterocycles. The number of hydrogen-bond acceptors (Lipinski definition) is 4. The lowest BCUT2D eigenvalue weighted by molar-refractivity contribution is -0.146. The van der Waals surface area contributed by atoms with Gasteiger partial charge in [0.2, 0.25) is 0 Å². The van der Waals surface area contributed by atoms with E-state index in [0.717, 1.165) is 6.42 Å². The smallest absolute Gasteiger partial charge is 0.320 e. The van der Waals surface area contributed by atoms with Gasteiger partial charge >= 0.3 is 5.97 Å². The van der Waals surface area contributed by atoms with Crippen LogP contribution in [0.5, 0.6) is 0 Å². The summed E-state index contributed by atoms with van der Waals surface area (Å²) in [5.74, 6) is -0.186. The maximum Gasteiger partial charge on any atom is 0.320 e. The molecule has 3 nitrogen and oxygen atoms in total. The van der Waals surface area contributed by atoms with Gasteiger partial charge in [0.25, 0.3) is 0 Å². The van der Waals surface area contributed by atoms with Crippen LogP contribution >= 0.6 is 11.3 Å². The van der Waals surface area contributed by atoms with Gasteiger partial charge in [0.1, 0.15) is 0 Å². The van der Waals surface area contributed by atoms with Crippen LogP contribution in [-0.2, 0) is 16.0 Å². The standard InChI is InChI=1S/C13H21NO2S/c1-9(2)16-13(15)8-14-10(3)7-12-6-5-11(4)17-12/h5-6,9-10,14H,7-8H2,1-4H3. The normalized spacial score (nSPS) is 12.8. The van der Waals surface area contributed by atoms with Gasteiger partial charge in [0.15, 0.2) is 0 Å². The highest BCUT2D eigenvalue weighted by molar-refractivity contribution is 7.11. The van der Waals surface area contributed by atoms with Crippen molar-refractivity contribution in [1.29, 1.82) is 0 Å². The topological polar surface area (TPSA) is 38.3 Å². The van der Waals surface area contributed by atoms with Crippen molar-refractivity contribution in [1.82, 2.24) is 5.32 Å². The van der Waals surface area contributed by atoms with Crippen LogP contribution in [0.4, 0.5) is 0 Å². The van der Waals surface area contributed by atoms with Crippen molar-refractivity contribution >= 4 is 17.3 Å². The summed E-state index contributed by atoms with van der Waals surface area (Å²) in [6.45, 7) is 8.18. The van der Waals surface area contributed by atoms with E-state index in [4.69, 9.17) is 4.74 Å². The van der Waals surface area contributed by atoms with Crippen LogP contribution in [0.2, 0.25) is 0 Å². The first kappa shape index (κ1) is 14.2. The van der Waals surface area contributed by atoms with Crippen LogP contribution in [0.15, 0.2) is 12.1 Å². The van der Waals surface area contributed by atoms with E-state index in [-0.39, 0.29) is 24.7 Å². The quantitative estimate of drug-likeness (QED) is 0.794. The first-order chi connectivity index (χ1) is 7.97. The second kappa shape index (κ2) is 6.77. The van der Waals surface area contributed by atoms with E-state index in [0.29, 0.717) is 0 Å². The summed E-state index contributed by atoms with van der Waals surface area (Å²) >= 11 is 1.80. The monoisotopic (exact) mass is 255 g/mol. The molecule has 0 fully saturated rings. The molecule has 0 bridgehead atoms. The Morgan fingerprint density at radius 2 is 2.12 bits per heavy atom. The molecule has 1 atom stereocenters. The summed E-state index contributed by atoms with van der Waals surface area (Å²) in [5.41, 5.74) is 0. The fraction of sp³-hybridized carbons (Fsp3) is 0.615. The minimum Gasteiger partial charge on any atom is -0.462 e. The molecule has 4 heteroatoms. The van der Waals surface area contributed by atoms with Crippen LogP contribution in [-0.4, -0.2) is 24.7 Å². The second-order valence-corrected chi connectivity index (χ2v) is 5.91. The van der Waals surface area contributed by atoms with Gasteiger partial charge in [-0.15, -0.1) is 11.3 Å². The molecule has 0 radical (unpaired) electrons. The Balaban J connectivity index is 2.25. The number of ether oxygens (including phenoxy) is 1. The number of rotatable bonds is 6. The molecule has 0 aliphatic rings. The Morgan fingerprint density at radius 1 is 1.41 bits per heavy atom. The summed E-state index contributed by atoms with van der Waals surface area (Å²) in [4.78, 5) is 14.0. The van der Waals surface area contributed by atoms with Crippen molar-refractivity contribution in [2.24, 2.45) is 0 Å². The number of hydrogen-bond donors (Lipinski definition) is 1. The van der Waals surface area contributed by atoms with Crippen LogP contribution in [0, 0.1) is 6.92 Å². The van der Waals surface area contributed by atoms with E-state index in [9.17, 15) is 4.79 Å². The van der Waals surface area contributed by atoms with Gasteiger partial charge < -0.3 is 10.1 Å². The molecule has 1 unspecified atom stereocenters. The molecular weight excluding hydrogens is 234 g/mol. The molecule has 0 amide bonds. The minimum absolute atomic E-state index is 0.0421. The van der Waals surface area contributed by atoms with Crippen LogP contribution in [0.3, 0.4) is 0 Å². The number of nitrogens with one attached hydrogen (secondary N) is 1. The van der Waals surface area contributed by atoms with E-state index in [1.165, 1.54) is 9.75 Å². The Bertz CT molecular complexity index is 360. The predicted octanol–water partition coefficient (Wildman–Crippen LogP) is 2.53. The van der Waals surface area contributed by atoms with Gasteiger partial charge in [-0.2, -0.15) is 0 Å². The summed E-state index contributed by atoms with van der Waals surface area (Å²) < 4.78 is 5.06. The van der Waals surface area contributed by atoms with E-state index < -0.39 is 0 Å². The summed E-state index contributed by atoms with van der Waals surface area (Å²) in [6, 6.07) is 4.55. The maximum atomic E-state index is 11.3. The molecule has 1 rings (SSSR count). The van der Waals surface area contributed by atoms with Gasteiger partial charge in [0, 0.05) is 15.8 Å². The van der Waals surface area contributed by atoms with Gasteiger partial charge in [-0.1, -0.05) is 0 Å². The summed E-state index contributed by atoms with van der Waals surface area (Å²) in [7, 11) is 0. The van der Waals surface area contributed by atoms with Crippen molar-refractivity contribution in [3.05, 3.63) is 21.9 Å². The average Bonchev–Trinajstić information content (AvgIpc) is 2.60. The third kappa shape index (κ3) is 5.84. The Labute approximate surface area is 107 Å². The van der Waals surface area contributed by atoms with Crippen molar-refractivity contribution in [3.63, 3.8) is 0 Å². The van der Waals surface area contributed by atoms with Crippen LogP contribution < -0.4 is 5.32 Å². The predicted molar refractivity (Wildman–Crippen MR) is 71.5 cm³/mol. The van der Waals surface area contributed by atoms with Crippen molar-refractivity contribution < 1.29 is 9.53 Å². The van der Waals surface area contributed by atoms with E-state index in [1.54, 1.807) is 11.3 Å².